The summed E-state index contributed by atoms with van der Waals surface area (Å²) in [6.45, 7) is 3.72. The molecule has 0 aliphatic heterocycles. The van der Waals surface area contributed by atoms with Crippen LogP contribution in [0.4, 0.5) is 4.79 Å². The zero-order valence-corrected chi connectivity index (χ0v) is 15.3. The second kappa shape index (κ2) is 10.8. The van der Waals surface area contributed by atoms with Gasteiger partial charge < -0.3 is 26.2 Å². The number of ether oxygens (including phenoxy) is 1. The molecule has 1 aromatic rings. The van der Waals surface area contributed by atoms with Gasteiger partial charge in [0.25, 0.3) is 0 Å². The number of aliphatic carboxylic acids is 1. The number of amides is 3. The standard InChI is InChI=1S/C18H25N3O6/c1-11(2)8-13(16(23)20-14(17(24)25)9-15(19)22)21-18(26)27-10-12-6-4-3-5-7-12/h3-7,11,13-14H,8-10H2,1-2H3,(H2,19,22)(H,20,23)(H,21,26)(H,24,25)/t13-,14-/m0/s1. The average molecular weight is 379 g/mol. The number of hydrogen-bond acceptors (Lipinski definition) is 5. The van der Waals surface area contributed by atoms with Gasteiger partial charge >= 0.3 is 12.1 Å². The van der Waals surface area contributed by atoms with E-state index in [1.165, 1.54) is 0 Å². The summed E-state index contributed by atoms with van der Waals surface area (Å²) in [5.41, 5.74) is 5.78. The molecule has 0 saturated heterocycles. The number of carboxylic acid groups (broad SMARTS) is 1. The van der Waals surface area contributed by atoms with E-state index in [0.717, 1.165) is 5.56 Å². The van der Waals surface area contributed by atoms with Crippen molar-refractivity contribution in [2.75, 3.05) is 0 Å². The van der Waals surface area contributed by atoms with Crippen LogP contribution in [0.2, 0.25) is 0 Å². The predicted molar refractivity (Wildman–Crippen MR) is 96.4 cm³/mol. The molecule has 0 heterocycles. The SMILES string of the molecule is CC(C)C[C@H](NC(=O)OCc1ccccc1)C(=O)N[C@@H](CC(N)=O)C(=O)O. The summed E-state index contributed by atoms with van der Waals surface area (Å²) >= 11 is 0. The zero-order chi connectivity index (χ0) is 20.4. The molecule has 0 fully saturated rings. The summed E-state index contributed by atoms with van der Waals surface area (Å²) in [5, 5.41) is 13.7. The molecule has 0 aliphatic carbocycles. The third-order valence-electron chi connectivity index (χ3n) is 3.55. The van der Waals surface area contributed by atoms with Crippen molar-refractivity contribution >= 4 is 23.9 Å². The molecule has 0 aromatic heterocycles. The van der Waals surface area contributed by atoms with Crippen LogP contribution in [-0.2, 0) is 25.7 Å². The van der Waals surface area contributed by atoms with E-state index in [9.17, 15) is 19.2 Å². The lowest BCUT2D eigenvalue weighted by Gasteiger charge is -2.22. The molecule has 0 bridgehead atoms. The Morgan fingerprint density at radius 2 is 1.70 bits per heavy atom. The molecular formula is C18H25N3O6. The van der Waals surface area contributed by atoms with Crippen LogP contribution in [0, 0.1) is 5.92 Å². The Hall–Kier alpha value is -3.10. The van der Waals surface area contributed by atoms with E-state index in [1.807, 2.05) is 19.9 Å². The Morgan fingerprint density at radius 3 is 2.22 bits per heavy atom. The zero-order valence-electron chi connectivity index (χ0n) is 15.3. The van der Waals surface area contributed by atoms with Gasteiger partial charge in [-0.3, -0.25) is 9.59 Å². The number of nitrogens with two attached hydrogens (primary N) is 1. The largest absolute Gasteiger partial charge is 0.480 e. The van der Waals surface area contributed by atoms with Crippen molar-refractivity contribution in [2.24, 2.45) is 11.7 Å². The van der Waals surface area contributed by atoms with Crippen LogP contribution < -0.4 is 16.4 Å². The highest BCUT2D eigenvalue weighted by molar-refractivity contribution is 5.91. The Bertz CT molecular complexity index is 662. The van der Waals surface area contributed by atoms with Gasteiger partial charge in [0, 0.05) is 0 Å². The van der Waals surface area contributed by atoms with Crippen LogP contribution in [-0.4, -0.2) is 41.1 Å². The van der Waals surface area contributed by atoms with Crippen LogP contribution in [0.1, 0.15) is 32.3 Å². The van der Waals surface area contributed by atoms with E-state index in [0.29, 0.717) is 0 Å². The normalized spacial score (nSPS) is 12.7. The molecule has 0 aliphatic rings. The number of carbonyl (C=O) groups is 4. The maximum atomic E-state index is 12.4. The van der Waals surface area contributed by atoms with Gasteiger partial charge in [-0.2, -0.15) is 0 Å². The Balaban J connectivity index is 2.69. The molecule has 9 nitrogen and oxygen atoms in total. The lowest BCUT2D eigenvalue weighted by atomic mass is 10.0. The number of carbonyl (C=O) groups excluding carboxylic acids is 3. The number of hydrogen-bond donors (Lipinski definition) is 4. The first-order chi connectivity index (χ1) is 12.7. The highest BCUT2D eigenvalue weighted by atomic mass is 16.5. The molecule has 0 spiro atoms. The molecule has 0 saturated carbocycles. The van der Waals surface area contributed by atoms with Crippen molar-refractivity contribution in [1.29, 1.82) is 0 Å². The minimum absolute atomic E-state index is 0.0299. The molecular weight excluding hydrogens is 354 g/mol. The van der Waals surface area contributed by atoms with Crippen molar-refractivity contribution in [3.8, 4) is 0 Å². The second-order valence-corrected chi connectivity index (χ2v) is 6.46. The number of alkyl carbamates (subject to hydrolysis) is 1. The highest BCUT2D eigenvalue weighted by Crippen LogP contribution is 2.07. The molecule has 27 heavy (non-hydrogen) atoms. The summed E-state index contributed by atoms with van der Waals surface area (Å²) in [6.07, 6.45) is -1.09. The predicted octanol–water partition coefficient (Wildman–Crippen LogP) is 0.772. The lowest BCUT2D eigenvalue weighted by Crippen LogP contribution is -2.52. The van der Waals surface area contributed by atoms with Crippen LogP contribution in [0.15, 0.2) is 30.3 Å². The van der Waals surface area contributed by atoms with E-state index >= 15 is 0 Å². The monoisotopic (exact) mass is 379 g/mol. The summed E-state index contributed by atoms with van der Waals surface area (Å²) in [7, 11) is 0. The number of benzene rings is 1. The Morgan fingerprint density at radius 1 is 1.07 bits per heavy atom. The number of primary amides is 1. The molecule has 9 heteroatoms. The first kappa shape index (κ1) is 21.9. The molecule has 1 aromatic carbocycles. The van der Waals surface area contributed by atoms with Crippen molar-refractivity contribution in [3.63, 3.8) is 0 Å². The van der Waals surface area contributed by atoms with Gasteiger partial charge in [0.2, 0.25) is 11.8 Å². The van der Waals surface area contributed by atoms with Gasteiger partial charge in [-0.05, 0) is 17.9 Å². The summed E-state index contributed by atoms with van der Waals surface area (Å²) in [5.74, 6) is -2.95. The fourth-order valence-electron chi connectivity index (χ4n) is 2.28. The van der Waals surface area contributed by atoms with Crippen molar-refractivity contribution in [1.82, 2.24) is 10.6 Å². The molecule has 3 amide bonds. The molecule has 5 N–H and O–H groups in total. The smallest absolute Gasteiger partial charge is 0.408 e. The van der Waals surface area contributed by atoms with Gasteiger partial charge in [0.05, 0.1) is 6.42 Å². The van der Waals surface area contributed by atoms with Gasteiger partial charge in [-0.25, -0.2) is 9.59 Å². The summed E-state index contributed by atoms with van der Waals surface area (Å²) < 4.78 is 5.09. The number of nitrogens with one attached hydrogen (secondary N) is 2. The van der Waals surface area contributed by atoms with Crippen molar-refractivity contribution in [2.45, 2.75) is 45.4 Å². The molecule has 1 rings (SSSR count). The molecule has 0 unspecified atom stereocenters. The maximum absolute atomic E-state index is 12.4. The Labute approximate surface area is 157 Å². The van der Waals surface area contributed by atoms with Crippen LogP contribution in [0.3, 0.4) is 0 Å². The first-order valence-electron chi connectivity index (χ1n) is 8.47. The molecule has 2 atom stereocenters. The van der Waals surface area contributed by atoms with E-state index < -0.39 is 42.4 Å². The van der Waals surface area contributed by atoms with E-state index in [4.69, 9.17) is 15.6 Å². The van der Waals surface area contributed by atoms with E-state index in [1.54, 1.807) is 24.3 Å². The fourth-order valence-corrected chi connectivity index (χ4v) is 2.28. The third-order valence-corrected chi connectivity index (χ3v) is 3.55. The second-order valence-electron chi connectivity index (χ2n) is 6.46. The first-order valence-corrected chi connectivity index (χ1v) is 8.47. The topological polar surface area (TPSA) is 148 Å². The maximum Gasteiger partial charge on any atom is 0.408 e. The average Bonchev–Trinajstić information content (AvgIpc) is 2.58. The van der Waals surface area contributed by atoms with Crippen LogP contribution in [0.25, 0.3) is 0 Å². The minimum atomic E-state index is -1.47. The molecule has 0 radical (unpaired) electrons. The number of rotatable bonds is 10. The fraction of sp³-hybridized carbons (Fsp3) is 0.444. The Kier molecular flexibility index (Phi) is 8.77. The van der Waals surface area contributed by atoms with Gasteiger partial charge in [0.1, 0.15) is 18.7 Å². The van der Waals surface area contributed by atoms with Crippen molar-refractivity contribution < 1.29 is 29.0 Å². The quantitative estimate of drug-likeness (QED) is 0.472. The lowest BCUT2D eigenvalue weighted by molar-refractivity contribution is -0.143. The van der Waals surface area contributed by atoms with Gasteiger partial charge in [-0.15, -0.1) is 0 Å². The van der Waals surface area contributed by atoms with Crippen molar-refractivity contribution in [3.05, 3.63) is 35.9 Å². The number of carboxylic acids is 1. The van der Waals surface area contributed by atoms with Crippen LogP contribution >= 0.6 is 0 Å². The summed E-state index contributed by atoms with van der Waals surface area (Å²) in [6, 6.07) is 6.53. The minimum Gasteiger partial charge on any atom is -0.480 e. The van der Waals surface area contributed by atoms with Gasteiger partial charge in [-0.1, -0.05) is 44.2 Å². The molecule has 148 valence electrons. The van der Waals surface area contributed by atoms with Crippen LogP contribution in [0.5, 0.6) is 0 Å². The van der Waals surface area contributed by atoms with E-state index in [-0.39, 0.29) is 18.9 Å². The third kappa shape index (κ3) is 8.70. The van der Waals surface area contributed by atoms with E-state index in [2.05, 4.69) is 10.6 Å². The van der Waals surface area contributed by atoms with Gasteiger partial charge in [0.15, 0.2) is 0 Å². The summed E-state index contributed by atoms with van der Waals surface area (Å²) in [4.78, 5) is 46.5. The highest BCUT2D eigenvalue weighted by Gasteiger charge is 2.28.